The molecule has 0 amide bonds. The molecule has 2 N–H and O–H groups in total. The van der Waals surface area contributed by atoms with Crippen molar-refractivity contribution >= 4 is 25.4 Å². The number of halogens is 1. The molecule has 1 aliphatic heterocycles. The standard InChI is InChI=1S/C7H15BN2O3.ClH/c1-8(12)10-4-3-9-5-6(10)7(11)13-2;/h6,9,12H,3-5H2,1-2H3;1H/t6-;/m1./s1. The molecule has 0 radical (unpaired) electrons. The average Bonchev–Trinajstić information content (AvgIpc) is 2.16. The second-order valence-corrected chi connectivity index (χ2v) is 3.11. The third-order valence-corrected chi connectivity index (χ3v) is 2.24. The van der Waals surface area contributed by atoms with Crippen LogP contribution in [0.1, 0.15) is 0 Å². The Morgan fingerprint density at radius 3 is 2.86 bits per heavy atom. The van der Waals surface area contributed by atoms with Gasteiger partial charge in [-0.25, -0.2) is 0 Å². The van der Waals surface area contributed by atoms with Gasteiger partial charge in [-0.1, -0.05) is 0 Å². The van der Waals surface area contributed by atoms with E-state index in [1.54, 1.807) is 11.6 Å². The molecule has 0 spiro atoms. The summed E-state index contributed by atoms with van der Waals surface area (Å²) < 4.78 is 4.64. The van der Waals surface area contributed by atoms with Gasteiger partial charge >= 0.3 is 13.0 Å². The summed E-state index contributed by atoms with van der Waals surface area (Å²) in [5.74, 6) is -0.298. The molecule has 1 aliphatic rings. The molecule has 0 aromatic carbocycles. The minimum absolute atomic E-state index is 0. The zero-order valence-corrected chi connectivity index (χ0v) is 9.21. The fraction of sp³-hybridized carbons (Fsp3) is 0.857. The highest BCUT2D eigenvalue weighted by Crippen LogP contribution is 2.06. The van der Waals surface area contributed by atoms with Crippen molar-refractivity contribution in [1.29, 1.82) is 0 Å². The fourth-order valence-corrected chi connectivity index (χ4v) is 1.52. The highest BCUT2D eigenvalue weighted by atomic mass is 35.5. The van der Waals surface area contributed by atoms with Crippen LogP contribution in [0.3, 0.4) is 0 Å². The third kappa shape index (κ3) is 3.13. The first-order valence-corrected chi connectivity index (χ1v) is 4.39. The van der Waals surface area contributed by atoms with E-state index < -0.39 is 7.05 Å². The SMILES string of the molecule is COC(=O)[C@H]1CNCCN1B(C)O.Cl. The van der Waals surface area contributed by atoms with E-state index in [0.717, 1.165) is 6.54 Å². The summed E-state index contributed by atoms with van der Waals surface area (Å²) in [5, 5.41) is 12.5. The van der Waals surface area contributed by atoms with E-state index in [1.807, 2.05) is 0 Å². The van der Waals surface area contributed by atoms with Crippen molar-refractivity contribution in [2.24, 2.45) is 0 Å². The minimum atomic E-state index is -0.605. The van der Waals surface area contributed by atoms with Crippen molar-refractivity contribution in [3.05, 3.63) is 0 Å². The molecular formula is C7H16BClN2O3. The number of carbonyl (C=O) groups is 1. The maximum Gasteiger partial charge on any atom is 0.377 e. The number of esters is 1. The van der Waals surface area contributed by atoms with Crippen molar-refractivity contribution in [3.63, 3.8) is 0 Å². The van der Waals surface area contributed by atoms with Gasteiger partial charge in [0.05, 0.1) is 7.11 Å². The van der Waals surface area contributed by atoms with Crippen LogP contribution in [0.25, 0.3) is 0 Å². The van der Waals surface area contributed by atoms with Crippen molar-refractivity contribution in [3.8, 4) is 0 Å². The van der Waals surface area contributed by atoms with Crippen molar-refractivity contribution in [2.75, 3.05) is 26.7 Å². The molecule has 0 unspecified atom stereocenters. The van der Waals surface area contributed by atoms with Crippen LogP contribution in [-0.4, -0.2) is 55.6 Å². The Morgan fingerprint density at radius 1 is 1.71 bits per heavy atom. The van der Waals surface area contributed by atoms with Crippen molar-refractivity contribution < 1.29 is 14.6 Å². The van der Waals surface area contributed by atoms with Crippen LogP contribution in [-0.2, 0) is 9.53 Å². The Hall–Kier alpha value is -0.295. The van der Waals surface area contributed by atoms with Gasteiger partial charge in [-0.3, -0.25) is 4.79 Å². The van der Waals surface area contributed by atoms with Crippen molar-refractivity contribution in [1.82, 2.24) is 10.1 Å². The number of carbonyl (C=O) groups excluding carboxylic acids is 1. The van der Waals surface area contributed by atoms with Gasteiger partial charge in [0.1, 0.15) is 6.04 Å². The molecule has 5 nitrogen and oxygen atoms in total. The van der Waals surface area contributed by atoms with Gasteiger partial charge in [-0.2, -0.15) is 0 Å². The Bertz CT molecular complexity index is 194. The summed E-state index contributed by atoms with van der Waals surface area (Å²) in [4.78, 5) is 13.0. The predicted molar refractivity (Wildman–Crippen MR) is 56.5 cm³/mol. The number of methoxy groups -OCH3 is 1. The maximum atomic E-state index is 11.3. The molecule has 1 rings (SSSR count). The summed E-state index contributed by atoms with van der Waals surface area (Å²) in [7, 11) is 0.753. The predicted octanol–water partition coefficient (Wildman–Crippen LogP) is -1.03. The quantitative estimate of drug-likeness (QED) is 0.462. The normalized spacial score (nSPS) is 22.4. The largest absolute Gasteiger partial charge is 0.468 e. The van der Waals surface area contributed by atoms with Crippen LogP contribution >= 0.6 is 12.4 Å². The number of hydrogen-bond donors (Lipinski definition) is 2. The zero-order valence-electron chi connectivity index (χ0n) is 8.40. The Balaban J connectivity index is 0.00000169. The van der Waals surface area contributed by atoms with Crippen LogP contribution in [0.5, 0.6) is 0 Å². The number of rotatable bonds is 2. The van der Waals surface area contributed by atoms with E-state index in [4.69, 9.17) is 0 Å². The van der Waals surface area contributed by atoms with E-state index in [2.05, 4.69) is 10.1 Å². The zero-order chi connectivity index (χ0) is 9.84. The van der Waals surface area contributed by atoms with Crippen LogP contribution in [0.4, 0.5) is 0 Å². The monoisotopic (exact) mass is 222 g/mol. The van der Waals surface area contributed by atoms with Gasteiger partial charge in [0.15, 0.2) is 0 Å². The van der Waals surface area contributed by atoms with E-state index in [1.165, 1.54) is 7.11 Å². The topological polar surface area (TPSA) is 61.8 Å². The minimum Gasteiger partial charge on any atom is -0.468 e. The molecule has 1 saturated heterocycles. The second-order valence-electron chi connectivity index (χ2n) is 3.11. The second kappa shape index (κ2) is 6.24. The Morgan fingerprint density at radius 2 is 2.36 bits per heavy atom. The first-order valence-electron chi connectivity index (χ1n) is 4.39. The Labute approximate surface area is 90.3 Å². The number of nitrogens with zero attached hydrogens (tertiary/aromatic N) is 1. The van der Waals surface area contributed by atoms with Crippen LogP contribution < -0.4 is 5.32 Å². The van der Waals surface area contributed by atoms with Gasteiger partial charge in [0.25, 0.3) is 0 Å². The summed E-state index contributed by atoms with van der Waals surface area (Å²) in [6.07, 6.45) is 0. The van der Waals surface area contributed by atoms with Crippen LogP contribution in [0.2, 0.25) is 6.82 Å². The Kier molecular flexibility index (Phi) is 6.11. The number of piperazine rings is 1. The molecule has 14 heavy (non-hydrogen) atoms. The lowest BCUT2D eigenvalue weighted by molar-refractivity contribution is -0.145. The van der Waals surface area contributed by atoms with E-state index in [-0.39, 0.29) is 24.4 Å². The lowest BCUT2D eigenvalue weighted by Gasteiger charge is -2.34. The maximum absolute atomic E-state index is 11.3. The van der Waals surface area contributed by atoms with Gasteiger partial charge in [-0.05, 0) is 6.82 Å². The molecule has 1 heterocycles. The highest BCUT2D eigenvalue weighted by Gasteiger charge is 2.33. The van der Waals surface area contributed by atoms with Crippen LogP contribution in [0.15, 0.2) is 0 Å². The number of hydrogen-bond acceptors (Lipinski definition) is 5. The van der Waals surface area contributed by atoms with E-state index >= 15 is 0 Å². The number of ether oxygens (including phenoxy) is 1. The summed E-state index contributed by atoms with van der Waals surface area (Å²) in [6.45, 7) is 3.65. The molecule has 7 heteroatoms. The summed E-state index contributed by atoms with van der Waals surface area (Å²) in [5.41, 5.74) is 0. The van der Waals surface area contributed by atoms with Gasteiger partial charge in [-0.15, -0.1) is 12.4 Å². The fourth-order valence-electron chi connectivity index (χ4n) is 1.52. The van der Waals surface area contributed by atoms with Gasteiger partial charge < -0.3 is 19.9 Å². The van der Waals surface area contributed by atoms with Gasteiger partial charge in [0.2, 0.25) is 0 Å². The van der Waals surface area contributed by atoms with Crippen LogP contribution in [0, 0.1) is 0 Å². The molecular weight excluding hydrogens is 206 g/mol. The van der Waals surface area contributed by atoms with Gasteiger partial charge in [0, 0.05) is 19.6 Å². The van der Waals surface area contributed by atoms with E-state index in [9.17, 15) is 9.82 Å². The lowest BCUT2D eigenvalue weighted by atomic mass is 9.82. The third-order valence-electron chi connectivity index (χ3n) is 2.24. The molecule has 82 valence electrons. The smallest absolute Gasteiger partial charge is 0.377 e. The molecule has 0 aromatic rings. The molecule has 0 aromatic heterocycles. The molecule has 1 fully saturated rings. The first kappa shape index (κ1) is 13.7. The first-order chi connectivity index (χ1) is 6.16. The average molecular weight is 222 g/mol. The van der Waals surface area contributed by atoms with Crippen molar-refractivity contribution in [2.45, 2.75) is 12.9 Å². The highest BCUT2D eigenvalue weighted by molar-refractivity contribution is 6.45. The lowest BCUT2D eigenvalue weighted by Crippen LogP contribution is -2.59. The van der Waals surface area contributed by atoms with E-state index in [0.29, 0.717) is 13.1 Å². The molecule has 0 saturated carbocycles. The summed E-state index contributed by atoms with van der Waals surface area (Å²) in [6, 6.07) is -0.362. The molecule has 0 aliphatic carbocycles. The summed E-state index contributed by atoms with van der Waals surface area (Å²) >= 11 is 0. The molecule has 1 atom stereocenters. The molecule has 0 bridgehead atoms. The number of nitrogens with one attached hydrogen (secondary N) is 1.